The van der Waals surface area contributed by atoms with Crippen molar-refractivity contribution in [1.29, 1.82) is 0 Å². The summed E-state index contributed by atoms with van der Waals surface area (Å²) in [6.07, 6.45) is 2.64. The summed E-state index contributed by atoms with van der Waals surface area (Å²) in [4.78, 5) is 4.57. The molecule has 0 unspecified atom stereocenters. The van der Waals surface area contributed by atoms with Crippen LogP contribution in [0.4, 0.5) is 0 Å². The van der Waals surface area contributed by atoms with E-state index in [-0.39, 0.29) is 0 Å². The number of aromatic nitrogens is 3. The van der Waals surface area contributed by atoms with Gasteiger partial charge in [-0.2, -0.15) is 5.10 Å². The Bertz CT molecular complexity index is 698. The maximum atomic E-state index is 5.71. The van der Waals surface area contributed by atoms with Crippen LogP contribution in [-0.4, -0.2) is 14.6 Å². The topological polar surface area (TPSA) is 56.2 Å². The van der Waals surface area contributed by atoms with Gasteiger partial charge in [0.1, 0.15) is 0 Å². The quantitative estimate of drug-likeness (QED) is 0.776. The van der Waals surface area contributed by atoms with E-state index < -0.39 is 0 Å². The largest absolute Gasteiger partial charge is 0.326 e. The van der Waals surface area contributed by atoms with E-state index in [1.165, 1.54) is 11.1 Å². The lowest BCUT2D eigenvalue weighted by Gasteiger charge is -1.97. The van der Waals surface area contributed by atoms with Gasteiger partial charge in [0, 0.05) is 24.7 Å². The normalized spacial score (nSPS) is 11.1. The molecule has 3 rings (SSSR count). The van der Waals surface area contributed by atoms with Crippen LogP contribution >= 0.6 is 0 Å². The molecule has 0 spiro atoms. The fraction of sp³-hybridized carbons (Fsp3) is 0.200. The average molecular weight is 252 g/mol. The van der Waals surface area contributed by atoms with Crippen LogP contribution in [0.1, 0.15) is 22.5 Å². The van der Waals surface area contributed by atoms with E-state index in [9.17, 15) is 0 Å². The molecule has 0 radical (unpaired) electrons. The van der Waals surface area contributed by atoms with E-state index in [2.05, 4.69) is 41.3 Å². The van der Waals surface area contributed by atoms with E-state index in [4.69, 9.17) is 5.73 Å². The molecule has 0 bridgehead atoms. The van der Waals surface area contributed by atoms with Crippen LogP contribution in [0, 0.1) is 6.92 Å². The van der Waals surface area contributed by atoms with Gasteiger partial charge < -0.3 is 5.73 Å². The minimum Gasteiger partial charge on any atom is -0.326 e. The number of aryl methyl sites for hydroxylation is 1. The number of hydrogen-bond donors (Lipinski definition) is 1. The summed E-state index contributed by atoms with van der Waals surface area (Å²) >= 11 is 0. The third kappa shape index (κ3) is 2.35. The molecule has 2 N–H and O–H groups in total. The monoisotopic (exact) mass is 252 g/mol. The predicted octanol–water partition coefficient (Wildman–Crippen LogP) is 2.09. The fourth-order valence-corrected chi connectivity index (χ4v) is 2.13. The Morgan fingerprint density at radius 1 is 1.16 bits per heavy atom. The second kappa shape index (κ2) is 4.82. The van der Waals surface area contributed by atoms with Gasteiger partial charge in [-0.25, -0.2) is 9.50 Å². The zero-order valence-electron chi connectivity index (χ0n) is 10.9. The maximum Gasteiger partial charge on any atom is 0.160 e. The molecule has 96 valence electrons. The Labute approximate surface area is 111 Å². The molecule has 0 amide bonds. The van der Waals surface area contributed by atoms with E-state index in [1.807, 2.05) is 18.3 Å². The van der Waals surface area contributed by atoms with Crippen LogP contribution in [0.2, 0.25) is 0 Å². The van der Waals surface area contributed by atoms with Crippen LogP contribution < -0.4 is 5.73 Å². The van der Waals surface area contributed by atoms with Crippen molar-refractivity contribution in [2.75, 3.05) is 0 Å². The number of pyridine rings is 1. The Kier molecular flexibility index (Phi) is 3.01. The first-order valence-electron chi connectivity index (χ1n) is 6.35. The number of rotatable bonds is 3. The van der Waals surface area contributed by atoms with Crippen molar-refractivity contribution in [2.24, 2.45) is 5.73 Å². The first-order valence-corrected chi connectivity index (χ1v) is 6.35. The highest BCUT2D eigenvalue weighted by atomic mass is 15.3. The Morgan fingerprint density at radius 2 is 1.95 bits per heavy atom. The molecule has 2 heterocycles. The minimum atomic E-state index is 0.479. The fourth-order valence-electron chi connectivity index (χ4n) is 2.13. The molecule has 0 saturated carbocycles. The second-order valence-electron chi connectivity index (χ2n) is 4.70. The highest BCUT2D eigenvalue weighted by Crippen LogP contribution is 2.12. The standard InChI is InChI=1S/C15H16N4/c1-11-4-6-12(7-5-11)9-14-17-15-13(10-16)3-2-8-19(15)18-14/h2-8H,9-10,16H2,1H3. The molecule has 2 aromatic heterocycles. The molecule has 0 aliphatic heterocycles. The Morgan fingerprint density at radius 3 is 2.68 bits per heavy atom. The van der Waals surface area contributed by atoms with Gasteiger partial charge in [0.2, 0.25) is 0 Å². The first-order chi connectivity index (χ1) is 9.26. The van der Waals surface area contributed by atoms with Gasteiger partial charge >= 0.3 is 0 Å². The van der Waals surface area contributed by atoms with Gasteiger partial charge in [0.25, 0.3) is 0 Å². The van der Waals surface area contributed by atoms with Crippen LogP contribution in [0.3, 0.4) is 0 Å². The van der Waals surface area contributed by atoms with Crippen molar-refractivity contribution in [1.82, 2.24) is 14.6 Å². The molecule has 4 heteroatoms. The highest BCUT2D eigenvalue weighted by molar-refractivity contribution is 5.47. The van der Waals surface area contributed by atoms with Crippen molar-refractivity contribution in [3.05, 3.63) is 65.1 Å². The third-order valence-corrected chi connectivity index (χ3v) is 3.19. The molecule has 0 saturated heterocycles. The lowest BCUT2D eigenvalue weighted by Crippen LogP contribution is -1.99. The van der Waals surface area contributed by atoms with Crippen LogP contribution in [0.25, 0.3) is 5.65 Å². The molecule has 0 atom stereocenters. The van der Waals surface area contributed by atoms with E-state index in [0.29, 0.717) is 6.54 Å². The molecule has 0 aliphatic carbocycles. The van der Waals surface area contributed by atoms with E-state index in [1.54, 1.807) is 4.52 Å². The van der Waals surface area contributed by atoms with Gasteiger partial charge in [-0.05, 0) is 18.6 Å². The van der Waals surface area contributed by atoms with Crippen molar-refractivity contribution in [2.45, 2.75) is 19.9 Å². The van der Waals surface area contributed by atoms with E-state index >= 15 is 0 Å². The Hall–Kier alpha value is -2.20. The SMILES string of the molecule is Cc1ccc(Cc2nc3c(CN)cccn3n2)cc1. The summed E-state index contributed by atoms with van der Waals surface area (Å²) in [6.45, 7) is 2.56. The number of hydrogen-bond acceptors (Lipinski definition) is 3. The summed E-state index contributed by atoms with van der Waals surface area (Å²) in [5.74, 6) is 0.824. The van der Waals surface area contributed by atoms with Crippen molar-refractivity contribution < 1.29 is 0 Å². The van der Waals surface area contributed by atoms with Crippen LogP contribution in [0.5, 0.6) is 0 Å². The van der Waals surface area contributed by atoms with E-state index in [0.717, 1.165) is 23.5 Å². The molecule has 3 aromatic rings. The summed E-state index contributed by atoms with van der Waals surface area (Å²) in [5, 5.41) is 4.49. The minimum absolute atomic E-state index is 0.479. The van der Waals surface area contributed by atoms with Gasteiger partial charge in [0.05, 0.1) is 0 Å². The van der Waals surface area contributed by atoms with Gasteiger partial charge in [-0.1, -0.05) is 35.9 Å². The lowest BCUT2D eigenvalue weighted by atomic mass is 10.1. The maximum absolute atomic E-state index is 5.71. The van der Waals surface area contributed by atoms with Crippen LogP contribution in [-0.2, 0) is 13.0 Å². The summed E-state index contributed by atoms with van der Waals surface area (Å²) < 4.78 is 1.80. The zero-order valence-corrected chi connectivity index (χ0v) is 10.9. The number of nitrogens with two attached hydrogens (primary N) is 1. The summed E-state index contributed by atoms with van der Waals surface area (Å²) in [7, 11) is 0. The van der Waals surface area contributed by atoms with Crippen LogP contribution in [0.15, 0.2) is 42.6 Å². The van der Waals surface area contributed by atoms with Crippen molar-refractivity contribution >= 4 is 5.65 Å². The van der Waals surface area contributed by atoms with Crippen molar-refractivity contribution in [3.8, 4) is 0 Å². The third-order valence-electron chi connectivity index (χ3n) is 3.19. The summed E-state index contributed by atoms with van der Waals surface area (Å²) in [6, 6.07) is 12.4. The average Bonchev–Trinajstić information content (AvgIpc) is 2.83. The molecular formula is C15H16N4. The molecule has 0 fully saturated rings. The molecule has 0 aliphatic rings. The zero-order chi connectivity index (χ0) is 13.2. The second-order valence-corrected chi connectivity index (χ2v) is 4.70. The predicted molar refractivity (Wildman–Crippen MR) is 74.9 cm³/mol. The molecule has 1 aromatic carbocycles. The summed E-state index contributed by atoms with van der Waals surface area (Å²) in [5.41, 5.74) is 10.1. The number of nitrogens with zero attached hydrogens (tertiary/aromatic N) is 3. The van der Waals surface area contributed by atoms with Crippen molar-refractivity contribution in [3.63, 3.8) is 0 Å². The molecule has 19 heavy (non-hydrogen) atoms. The van der Waals surface area contributed by atoms with Gasteiger partial charge in [-0.15, -0.1) is 0 Å². The van der Waals surface area contributed by atoms with Gasteiger partial charge in [-0.3, -0.25) is 0 Å². The first kappa shape index (κ1) is 11.9. The number of benzene rings is 1. The smallest absolute Gasteiger partial charge is 0.160 e. The number of fused-ring (bicyclic) bond motifs is 1. The highest BCUT2D eigenvalue weighted by Gasteiger charge is 2.07. The Balaban J connectivity index is 1.95. The lowest BCUT2D eigenvalue weighted by molar-refractivity contribution is 0.894. The molecule has 4 nitrogen and oxygen atoms in total. The van der Waals surface area contributed by atoms with Gasteiger partial charge in [0.15, 0.2) is 11.5 Å². The molecular weight excluding hydrogens is 236 g/mol.